The van der Waals surface area contributed by atoms with E-state index in [0.29, 0.717) is 44.8 Å². The average molecular weight is 582 g/mol. The second-order valence-corrected chi connectivity index (χ2v) is 10.6. The van der Waals surface area contributed by atoms with E-state index in [2.05, 4.69) is 15.5 Å². The molecule has 4 heterocycles. The number of morpholine rings is 1. The Balaban J connectivity index is 1.46. The van der Waals surface area contributed by atoms with Crippen molar-refractivity contribution in [2.24, 2.45) is 0 Å². The standard InChI is InChI=1S/C29H35N5O6S/c1-31-28(36)23-18-33(29(31)37)19-25-26(23)22(3-2-12-39-13-9-32-10-14-40-15-11-32)24(8-16-41)34(25)17-20-4-6-21(7-5-20)27(35)30-38/h3-8,16,23,38H,2,9-15,17-19H2,1H3,(H,30,35)/b22-3+,24-8+. The van der Waals surface area contributed by atoms with Gasteiger partial charge in [0.25, 0.3) is 5.91 Å². The van der Waals surface area contributed by atoms with Crippen molar-refractivity contribution < 1.29 is 29.1 Å². The molecular formula is C29H35N5O6S. The Bertz CT molecular complexity index is 1430. The second-order valence-electron chi connectivity index (χ2n) is 10.4. The fraction of sp³-hybridized carbons (Fsp3) is 0.448. The van der Waals surface area contributed by atoms with E-state index in [0.717, 1.165) is 60.2 Å². The fourth-order valence-electron chi connectivity index (χ4n) is 5.79. The largest absolute Gasteiger partial charge is 0.380 e. The van der Waals surface area contributed by atoms with E-state index in [9.17, 15) is 14.4 Å². The van der Waals surface area contributed by atoms with Crippen LogP contribution in [0.1, 0.15) is 39.5 Å². The summed E-state index contributed by atoms with van der Waals surface area (Å²) in [7, 11) is 1.53. The number of benzene rings is 1. The summed E-state index contributed by atoms with van der Waals surface area (Å²) < 4.78 is 13.4. The van der Waals surface area contributed by atoms with Crippen LogP contribution in [0.5, 0.6) is 0 Å². The number of urea groups is 1. The average Bonchev–Trinajstić information content (AvgIpc) is 3.28. The zero-order chi connectivity index (χ0) is 28.9. The first kappa shape index (κ1) is 29.1. The maximum atomic E-state index is 13.3. The Morgan fingerprint density at radius 2 is 1.95 bits per heavy atom. The number of hydrogen-bond acceptors (Lipinski definition) is 8. The molecule has 2 bridgehead atoms. The van der Waals surface area contributed by atoms with Crippen LogP contribution in [0.3, 0.4) is 0 Å². The number of thiocarbonyl (C=S) groups is 1. The number of nitrogens with zero attached hydrogens (tertiary/aromatic N) is 4. The predicted octanol–water partition coefficient (Wildman–Crippen LogP) is 0.446. The van der Waals surface area contributed by atoms with Gasteiger partial charge in [0.05, 0.1) is 38.9 Å². The van der Waals surface area contributed by atoms with Gasteiger partial charge < -0.3 is 18.9 Å². The topological polar surface area (TPSA) is 117 Å². The maximum Gasteiger partial charge on any atom is 0.326 e. The number of imide groups is 1. The van der Waals surface area contributed by atoms with Gasteiger partial charge in [0, 0.05) is 67.0 Å². The summed E-state index contributed by atoms with van der Waals surface area (Å²) in [5.74, 6) is -1.27. The van der Waals surface area contributed by atoms with E-state index in [1.807, 2.05) is 18.2 Å². The summed E-state index contributed by atoms with van der Waals surface area (Å²) in [6.45, 7) is 6.57. The normalized spacial score (nSPS) is 20.0. The van der Waals surface area contributed by atoms with Crippen molar-refractivity contribution in [2.45, 2.75) is 25.4 Å². The third-order valence-electron chi connectivity index (χ3n) is 7.92. The second kappa shape index (κ2) is 13.0. The molecule has 1 aromatic heterocycles. The number of likely N-dealkylation sites (N-methyl/N-ethyl adjacent to an activating group) is 1. The Morgan fingerprint density at radius 3 is 2.66 bits per heavy atom. The van der Waals surface area contributed by atoms with Crippen molar-refractivity contribution in [2.75, 3.05) is 59.7 Å². The van der Waals surface area contributed by atoms with Crippen LogP contribution < -0.4 is 16.0 Å². The van der Waals surface area contributed by atoms with Crippen LogP contribution in [-0.4, -0.2) is 107 Å². The summed E-state index contributed by atoms with van der Waals surface area (Å²) in [5.41, 5.74) is 4.72. The maximum absolute atomic E-state index is 13.3. The summed E-state index contributed by atoms with van der Waals surface area (Å²) in [6, 6.07) is 6.61. The highest BCUT2D eigenvalue weighted by molar-refractivity contribution is 7.79. The molecule has 2 saturated heterocycles. The van der Waals surface area contributed by atoms with Gasteiger partial charge in [-0.3, -0.25) is 24.6 Å². The molecule has 1 unspecified atom stereocenters. The Hall–Kier alpha value is -3.42. The number of aromatic nitrogens is 1. The van der Waals surface area contributed by atoms with E-state index >= 15 is 0 Å². The van der Waals surface area contributed by atoms with Crippen molar-refractivity contribution in [3.63, 3.8) is 0 Å². The summed E-state index contributed by atoms with van der Waals surface area (Å²) in [5, 5.41) is 12.3. The highest BCUT2D eigenvalue weighted by Crippen LogP contribution is 2.32. The van der Waals surface area contributed by atoms with Crippen molar-refractivity contribution >= 4 is 47.6 Å². The molecule has 3 aliphatic rings. The highest BCUT2D eigenvalue weighted by Gasteiger charge is 2.44. The highest BCUT2D eigenvalue weighted by atomic mass is 32.1. The Labute approximate surface area is 243 Å². The van der Waals surface area contributed by atoms with Gasteiger partial charge in [0.1, 0.15) is 0 Å². The SMILES string of the molecule is CN1C(=O)C2CN(Cc3c2c(=C/CCOCCN2CCOCC2)/c(=C\C=S)n3Cc2ccc(C(=O)NO)cc2)C1=O. The first-order valence-electron chi connectivity index (χ1n) is 13.8. The number of fused-ring (bicyclic) bond motifs is 4. The minimum absolute atomic E-state index is 0.214. The van der Waals surface area contributed by atoms with Gasteiger partial charge in [-0.2, -0.15) is 0 Å². The minimum Gasteiger partial charge on any atom is -0.380 e. The van der Waals surface area contributed by atoms with E-state index in [4.69, 9.17) is 26.9 Å². The molecule has 0 radical (unpaired) electrons. The number of carbonyl (C=O) groups is 3. The fourth-order valence-corrected chi connectivity index (χ4v) is 5.92. The number of amides is 4. The Kier molecular flexibility index (Phi) is 9.25. The molecule has 41 heavy (non-hydrogen) atoms. The summed E-state index contributed by atoms with van der Waals surface area (Å²) in [4.78, 5) is 43.2. The number of hydrogen-bond donors (Lipinski definition) is 2. The van der Waals surface area contributed by atoms with Crippen LogP contribution in [0.15, 0.2) is 24.3 Å². The van der Waals surface area contributed by atoms with Crippen LogP contribution in [-0.2, 0) is 27.4 Å². The number of ether oxygens (including phenoxy) is 2. The lowest BCUT2D eigenvalue weighted by molar-refractivity contribution is -0.132. The summed E-state index contributed by atoms with van der Waals surface area (Å²) in [6.07, 6.45) is 4.63. The van der Waals surface area contributed by atoms with Crippen LogP contribution >= 0.6 is 12.2 Å². The molecule has 0 saturated carbocycles. The third kappa shape index (κ3) is 6.11. The molecule has 11 nitrogen and oxygen atoms in total. The lowest BCUT2D eigenvalue weighted by Crippen LogP contribution is -2.56. The molecule has 12 heteroatoms. The van der Waals surface area contributed by atoms with Gasteiger partial charge in [-0.25, -0.2) is 10.3 Å². The van der Waals surface area contributed by atoms with Crippen molar-refractivity contribution in [1.29, 1.82) is 0 Å². The number of hydroxylamine groups is 1. The zero-order valence-electron chi connectivity index (χ0n) is 23.1. The first-order chi connectivity index (χ1) is 19.9. The molecule has 2 N–H and O–H groups in total. The molecular weight excluding hydrogens is 546 g/mol. The monoisotopic (exact) mass is 581 g/mol. The van der Waals surface area contributed by atoms with Crippen molar-refractivity contribution in [3.05, 3.63) is 57.2 Å². The van der Waals surface area contributed by atoms with Gasteiger partial charge in [0.15, 0.2) is 0 Å². The number of nitrogens with one attached hydrogen (secondary N) is 1. The quantitative estimate of drug-likeness (QED) is 0.180. The van der Waals surface area contributed by atoms with Gasteiger partial charge in [0.2, 0.25) is 5.91 Å². The molecule has 5 rings (SSSR count). The van der Waals surface area contributed by atoms with Crippen molar-refractivity contribution in [3.8, 4) is 0 Å². The number of carbonyl (C=O) groups excluding carboxylic acids is 3. The van der Waals surface area contributed by atoms with E-state index in [1.165, 1.54) is 11.9 Å². The molecule has 2 aromatic rings. The molecule has 0 spiro atoms. The Morgan fingerprint density at radius 1 is 1.20 bits per heavy atom. The summed E-state index contributed by atoms with van der Waals surface area (Å²) >= 11 is 5.25. The van der Waals surface area contributed by atoms with E-state index in [1.54, 1.807) is 27.9 Å². The van der Waals surface area contributed by atoms with E-state index < -0.39 is 11.8 Å². The zero-order valence-corrected chi connectivity index (χ0v) is 23.9. The lowest BCUT2D eigenvalue weighted by atomic mass is 9.89. The minimum atomic E-state index is -0.588. The molecule has 0 aliphatic carbocycles. The molecule has 218 valence electrons. The smallest absolute Gasteiger partial charge is 0.326 e. The molecule has 4 amide bonds. The van der Waals surface area contributed by atoms with Crippen LogP contribution in [0.2, 0.25) is 0 Å². The van der Waals surface area contributed by atoms with Gasteiger partial charge in [-0.1, -0.05) is 30.4 Å². The molecule has 3 aliphatic heterocycles. The van der Waals surface area contributed by atoms with Crippen LogP contribution in [0, 0.1) is 0 Å². The van der Waals surface area contributed by atoms with Gasteiger partial charge in [-0.05, 0) is 35.8 Å². The van der Waals surface area contributed by atoms with Gasteiger partial charge in [-0.15, -0.1) is 0 Å². The first-order valence-corrected chi connectivity index (χ1v) is 14.2. The van der Waals surface area contributed by atoms with Crippen LogP contribution in [0.25, 0.3) is 12.2 Å². The van der Waals surface area contributed by atoms with E-state index in [-0.39, 0.29) is 11.9 Å². The molecule has 2 fully saturated rings. The molecule has 1 atom stereocenters. The van der Waals surface area contributed by atoms with Gasteiger partial charge >= 0.3 is 6.03 Å². The number of rotatable bonds is 10. The molecule has 1 aromatic carbocycles. The van der Waals surface area contributed by atoms with Crippen molar-refractivity contribution in [1.82, 2.24) is 24.7 Å². The predicted molar refractivity (Wildman–Crippen MR) is 155 cm³/mol. The lowest BCUT2D eigenvalue weighted by Gasteiger charge is -2.41. The third-order valence-corrected chi connectivity index (χ3v) is 8.06. The van der Waals surface area contributed by atoms with Crippen LogP contribution in [0.4, 0.5) is 4.79 Å².